The average Bonchev–Trinajstić information content (AvgIpc) is 2.71. The van der Waals surface area contributed by atoms with Crippen LogP contribution in [0.25, 0.3) is 11.1 Å². The molecule has 2 N–H and O–H groups in total. The highest BCUT2D eigenvalue weighted by molar-refractivity contribution is 7.08. The summed E-state index contributed by atoms with van der Waals surface area (Å²) in [4.78, 5) is 10.6. The summed E-state index contributed by atoms with van der Waals surface area (Å²) in [6.45, 7) is 0. The molecule has 3 nitrogen and oxygen atoms in total. The van der Waals surface area contributed by atoms with Gasteiger partial charge in [-0.15, -0.1) is 0 Å². The van der Waals surface area contributed by atoms with Crippen molar-refractivity contribution in [2.24, 2.45) is 0 Å². The summed E-state index contributed by atoms with van der Waals surface area (Å²) in [5.74, 6) is -0.238. The van der Waals surface area contributed by atoms with Gasteiger partial charge >= 0.3 is 0 Å². The van der Waals surface area contributed by atoms with Crippen molar-refractivity contribution in [2.75, 3.05) is 0 Å². The number of aldehydes is 1. The lowest BCUT2D eigenvalue weighted by Crippen LogP contribution is -1.84. The maximum atomic E-state index is 10.6. The second-order valence-electron chi connectivity index (χ2n) is 3.06. The van der Waals surface area contributed by atoms with Crippen molar-refractivity contribution < 1.29 is 15.0 Å². The number of carbonyl (C=O) groups excluding carboxylic acids is 1. The van der Waals surface area contributed by atoms with Gasteiger partial charge in [0.2, 0.25) is 0 Å². The standard InChI is InChI=1S/C11H8O3S/c12-5-8-3-9(7-1-2-15-6-7)11(14)4-10(8)13/h1-6,13-14H. The molecule has 0 bridgehead atoms. The molecule has 0 saturated heterocycles. The third-order valence-corrected chi connectivity index (χ3v) is 2.79. The lowest BCUT2D eigenvalue weighted by atomic mass is 10.0. The molecular weight excluding hydrogens is 212 g/mol. The van der Waals surface area contributed by atoms with Crippen LogP contribution in [-0.4, -0.2) is 16.5 Å². The van der Waals surface area contributed by atoms with E-state index in [4.69, 9.17) is 0 Å². The first-order chi connectivity index (χ1) is 7.22. The highest BCUT2D eigenvalue weighted by Gasteiger charge is 2.09. The van der Waals surface area contributed by atoms with E-state index in [0.29, 0.717) is 11.8 Å². The zero-order valence-corrected chi connectivity index (χ0v) is 8.49. The van der Waals surface area contributed by atoms with Gasteiger partial charge < -0.3 is 10.2 Å². The summed E-state index contributed by atoms with van der Waals surface area (Å²) in [5, 5.41) is 22.7. The average molecular weight is 220 g/mol. The Bertz CT molecular complexity index is 489. The van der Waals surface area contributed by atoms with E-state index in [0.717, 1.165) is 5.56 Å². The molecule has 2 aromatic rings. The molecule has 0 fully saturated rings. The summed E-state index contributed by atoms with van der Waals surface area (Å²) in [6, 6.07) is 4.49. The molecule has 2 rings (SSSR count). The Morgan fingerprint density at radius 3 is 2.60 bits per heavy atom. The second-order valence-corrected chi connectivity index (χ2v) is 3.84. The number of hydrogen-bond acceptors (Lipinski definition) is 4. The fourth-order valence-electron chi connectivity index (χ4n) is 1.34. The topological polar surface area (TPSA) is 57.5 Å². The SMILES string of the molecule is O=Cc1cc(-c2ccsc2)c(O)cc1O. The van der Waals surface area contributed by atoms with Crippen LogP contribution in [-0.2, 0) is 0 Å². The van der Waals surface area contributed by atoms with Gasteiger partial charge in [-0.3, -0.25) is 4.79 Å². The van der Waals surface area contributed by atoms with Crippen molar-refractivity contribution in [3.8, 4) is 22.6 Å². The number of benzene rings is 1. The van der Waals surface area contributed by atoms with E-state index in [1.807, 2.05) is 16.8 Å². The highest BCUT2D eigenvalue weighted by atomic mass is 32.1. The first kappa shape index (κ1) is 9.73. The van der Waals surface area contributed by atoms with Gasteiger partial charge in [0.15, 0.2) is 6.29 Å². The Labute approximate surface area is 90.2 Å². The lowest BCUT2D eigenvalue weighted by Gasteiger charge is -2.05. The summed E-state index contributed by atoms with van der Waals surface area (Å²) in [5.41, 5.74) is 1.56. The van der Waals surface area contributed by atoms with Crippen molar-refractivity contribution in [3.63, 3.8) is 0 Å². The van der Waals surface area contributed by atoms with Crippen LogP contribution in [0.2, 0.25) is 0 Å². The fourth-order valence-corrected chi connectivity index (χ4v) is 1.99. The quantitative estimate of drug-likeness (QED) is 0.765. The van der Waals surface area contributed by atoms with E-state index in [1.165, 1.54) is 23.5 Å². The predicted molar refractivity (Wildman–Crippen MR) is 58.5 cm³/mol. The van der Waals surface area contributed by atoms with Crippen LogP contribution in [0.4, 0.5) is 0 Å². The first-order valence-electron chi connectivity index (χ1n) is 4.26. The smallest absolute Gasteiger partial charge is 0.153 e. The van der Waals surface area contributed by atoms with Crippen LogP contribution in [0.5, 0.6) is 11.5 Å². The number of phenolic OH excluding ortho intramolecular Hbond substituents is 2. The molecule has 1 heterocycles. The van der Waals surface area contributed by atoms with Crippen molar-refractivity contribution >= 4 is 17.6 Å². The Kier molecular flexibility index (Phi) is 2.43. The van der Waals surface area contributed by atoms with Crippen LogP contribution in [0.1, 0.15) is 10.4 Å². The third kappa shape index (κ3) is 1.71. The molecule has 0 aliphatic carbocycles. The Morgan fingerprint density at radius 2 is 2.00 bits per heavy atom. The Balaban J connectivity index is 2.62. The van der Waals surface area contributed by atoms with E-state index in [9.17, 15) is 15.0 Å². The minimum absolute atomic E-state index is 0.0310. The first-order valence-corrected chi connectivity index (χ1v) is 5.20. The summed E-state index contributed by atoms with van der Waals surface area (Å²) in [6.07, 6.45) is 0.560. The van der Waals surface area contributed by atoms with E-state index in [1.54, 1.807) is 0 Å². The molecule has 1 aromatic carbocycles. The molecular formula is C11H8O3S. The molecule has 0 amide bonds. The van der Waals surface area contributed by atoms with Gasteiger partial charge in [-0.05, 0) is 28.5 Å². The maximum absolute atomic E-state index is 10.6. The van der Waals surface area contributed by atoms with Crippen molar-refractivity contribution in [1.29, 1.82) is 0 Å². The molecule has 76 valence electrons. The van der Waals surface area contributed by atoms with E-state index < -0.39 is 0 Å². The van der Waals surface area contributed by atoms with Crippen LogP contribution in [0.3, 0.4) is 0 Å². The van der Waals surface area contributed by atoms with Gasteiger partial charge in [0.05, 0.1) is 5.56 Å². The Hall–Kier alpha value is -1.81. The molecule has 0 unspecified atom stereocenters. The summed E-state index contributed by atoms with van der Waals surface area (Å²) >= 11 is 1.50. The highest BCUT2D eigenvalue weighted by Crippen LogP contribution is 2.35. The lowest BCUT2D eigenvalue weighted by molar-refractivity contribution is 0.112. The predicted octanol–water partition coefficient (Wildman–Crippen LogP) is 2.64. The second kappa shape index (κ2) is 3.74. The molecule has 0 aliphatic rings. The molecule has 4 heteroatoms. The number of hydrogen-bond donors (Lipinski definition) is 2. The van der Waals surface area contributed by atoms with Gasteiger partial charge in [0.25, 0.3) is 0 Å². The van der Waals surface area contributed by atoms with Crippen LogP contribution >= 0.6 is 11.3 Å². The van der Waals surface area contributed by atoms with Gasteiger partial charge in [-0.1, -0.05) is 0 Å². The number of phenols is 2. The van der Waals surface area contributed by atoms with Crippen LogP contribution in [0.15, 0.2) is 29.0 Å². The minimum Gasteiger partial charge on any atom is -0.507 e. The van der Waals surface area contributed by atoms with Crippen molar-refractivity contribution in [1.82, 2.24) is 0 Å². The molecule has 0 atom stereocenters. The fraction of sp³-hybridized carbons (Fsp3) is 0. The van der Waals surface area contributed by atoms with Gasteiger partial charge in [0.1, 0.15) is 11.5 Å². The van der Waals surface area contributed by atoms with Crippen molar-refractivity contribution in [2.45, 2.75) is 0 Å². The molecule has 1 aromatic heterocycles. The van der Waals surface area contributed by atoms with Crippen LogP contribution in [0, 0.1) is 0 Å². The van der Waals surface area contributed by atoms with Crippen LogP contribution < -0.4 is 0 Å². The largest absolute Gasteiger partial charge is 0.507 e. The van der Waals surface area contributed by atoms with Gasteiger partial charge in [0, 0.05) is 11.6 Å². The van der Waals surface area contributed by atoms with E-state index in [-0.39, 0.29) is 17.1 Å². The number of carbonyl (C=O) groups is 1. The number of rotatable bonds is 2. The Morgan fingerprint density at radius 1 is 1.20 bits per heavy atom. The minimum atomic E-state index is -0.207. The van der Waals surface area contributed by atoms with Crippen molar-refractivity contribution in [3.05, 3.63) is 34.5 Å². The molecule has 0 saturated carbocycles. The zero-order chi connectivity index (χ0) is 10.8. The molecule has 0 radical (unpaired) electrons. The summed E-state index contributed by atoms with van der Waals surface area (Å²) in [7, 11) is 0. The number of thiophene rings is 1. The summed E-state index contributed by atoms with van der Waals surface area (Å²) < 4.78 is 0. The van der Waals surface area contributed by atoms with Gasteiger partial charge in [-0.2, -0.15) is 11.3 Å². The maximum Gasteiger partial charge on any atom is 0.153 e. The molecule has 0 spiro atoms. The number of aromatic hydroxyl groups is 2. The zero-order valence-electron chi connectivity index (χ0n) is 7.68. The normalized spacial score (nSPS) is 10.1. The molecule has 0 aliphatic heterocycles. The third-order valence-electron chi connectivity index (χ3n) is 2.10. The molecule has 15 heavy (non-hydrogen) atoms. The van der Waals surface area contributed by atoms with E-state index >= 15 is 0 Å². The van der Waals surface area contributed by atoms with E-state index in [2.05, 4.69) is 0 Å². The van der Waals surface area contributed by atoms with Gasteiger partial charge in [-0.25, -0.2) is 0 Å². The monoisotopic (exact) mass is 220 g/mol.